The van der Waals surface area contributed by atoms with E-state index in [4.69, 9.17) is 0 Å². The van der Waals surface area contributed by atoms with Crippen molar-refractivity contribution in [3.05, 3.63) is 0 Å². The highest BCUT2D eigenvalue weighted by Gasteiger charge is 2.18. The summed E-state index contributed by atoms with van der Waals surface area (Å²) in [7, 11) is -3.18. The van der Waals surface area contributed by atoms with Gasteiger partial charge in [-0.15, -0.1) is 0 Å². The second kappa shape index (κ2) is 5.09. The van der Waals surface area contributed by atoms with Crippen molar-refractivity contribution in [3.8, 4) is 0 Å². The van der Waals surface area contributed by atoms with E-state index in [-0.39, 0.29) is 17.7 Å². The molecule has 0 radical (unpaired) electrons. The number of rotatable bonds is 5. The molecule has 1 atom stereocenters. The Morgan fingerprint density at radius 3 is 2.21 bits per heavy atom. The Kier molecular flexibility index (Phi) is 5.05. The van der Waals surface area contributed by atoms with Gasteiger partial charge >= 0.3 is 0 Å². The van der Waals surface area contributed by atoms with Crippen LogP contribution < -0.4 is 4.72 Å². The van der Waals surface area contributed by atoms with Crippen LogP contribution in [0.1, 0.15) is 34.1 Å². The first-order valence-electron chi connectivity index (χ1n) is 4.82. The number of hydrogen-bond acceptors (Lipinski definition) is 3. The largest absolute Gasteiger partial charge is 0.392 e. The molecule has 0 fully saturated rings. The zero-order chi connectivity index (χ0) is 11.4. The molecule has 0 aromatic carbocycles. The van der Waals surface area contributed by atoms with E-state index in [1.54, 1.807) is 6.92 Å². The van der Waals surface area contributed by atoms with Gasteiger partial charge < -0.3 is 5.11 Å². The number of aliphatic hydroxyl groups excluding tert-OH is 1. The van der Waals surface area contributed by atoms with Crippen LogP contribution in [0.2, 0.25) is 0 Å². The maximum Gasteiger partial charge on any atom is 0.211 e. The van der Waals surface area contributed by atoms with Gasteiger partial charge in [0.2, 0.25) is 10.0 Å². The molecule has 0 spiro atoms. The van der Waals surface area contributed by atoms with Crippen LogP contribution in [0.4, 0.5) is 0 Å². The predicted molar refractivity (Wildman–Crippen MR) is 57.5 cm³/mol. The SMILES string of the molecule is CCS(=O)(=O)NCC(O)CC(C)(C)C. The Morgan fingerprint density at radius 2 is 1.86 bits per heavy atom. The van der Waals surface area contributed by atoms with Gasteiger partial charge in [0.05, 0.1) is 11.9 Å². The van der Waals surface area contributed by atoms with Gasteiger partial charge in [0.25, 0.3) is 0 Å². The average molecular weight is 223 g/mol. The van der Waals surface area contributed by atoms with Gasteiger partial charge in [0.15, 0.2) is 0 Å². The molecule has 2 N–H and O–H groups in total. The lowest BCUT2D eigenvalue weighted by molar-refractivity contribution is 0.125. The van der Waals surface area contributed by atoms with E-state index >= 15 is 0 Å². The summed E-state index contributed by atoms with van der Waals surface area (Å²) >= 11 is 0. The molecule has 4 nitrogen and oxygen atoms in total. The van der Waals surface area contributed by atoms with E-state index in [2.05, 4.69) is 4.72 Å². The van der Waals surface area contributed by atoms with Gasteiger partial charge in [-0.1, -0.05) is 20.8 Å². The smallest absolute Gasteiger partial charge is 0.211 e. The Labute approximate surface area is 86.8 Å². The van der Waals surface area contributed by atoms with Crippen molar-refractivity contribution in [1.29, 1.82) is 0 Å². The molecule has 0 aliphatic rings. The maximum absolute atomic E-state index is 11.0. The van der Waals surface area contributed by atoms with Crippen LogP contribution in [0.3, 0.4) is 0 Å². The fourth-order valence-electron chi connectivity index (χ4n) is 1.10. The molecule has 0 heterocycles. The van der Waals surface area contributed by atoms with Gasteiger partial charge in [-0.05, 0) is 18.8 Å². The van der Waals surface area contributed by atoms with Crippen molar-refractivity contribution in [1.82, 2.24) is 4.72 Å². The molecule has 0 rings (SSSR count). The van der Waals surface area contributed by atoms with E-state index in [0.717, 1.165) is 0 Å². The number of aliphatic hydroxyl groups is 1. The van der Waals surface area contributed by atoms with E-state index < -0.39 is 16.1 Å². The monoisotopic (exact) mass is 223 g/mol. The quantitative estimate of drug-likeness (QED) is 0.722. The first-order valence-corrected chi connectivity index (χ1v) is 6.47. The molecule has 0 bridgehead atoms. The fourth-order valence-corrected chi connectivity index (χ4v) is 1.75. The third-order valence-electron chi connectivity index (χ3n) is 1.77. The summed E-state index contributed by atoms with van der Waals surface area (Å²) in [5.74, 6) is 0.0508. The summed E-state index contributed by atoms with van der Waals surface area (Å²) in [4.78, 5) is 0. The van der Waals surface area contributed by atoms with Crippen molar-refractivity contribution in [2.24, 2.45) is 5.41 Å². The van der Waals surface area contributed by atoms with Crippen molar-refractivity contribution < 1.29 is 13.5 Å². The standard InChI is InChI=1S/C9H21NO3S/c1-5-14(12,13)10-7-8(11)6-9(2,3)4/h8,10-11H,5-7H2,1-4H3. The maximum atomic E-state index is 11.0. The van der Waals surface area contributed by atoms with Crippen molar-refractivity contribution in [3.63, 3.8) is 0 Å². The molecule has 1 unspecified atom stereocenters. The minimum Gasteiger partial charge on any atom is -0.392 e. The predicted octanol–water partition coefficient (Wildman–Crippen LogP) is 0.723. The van der Waals surface area contributed by atoms with Crippen LogP contribution in [0, 0.1) is 5.41 Å². The lowest BCUT2D eigenvalue weighted by Crippen LogP contribution is -2.34. The topological polar surface area (TPSA) is 66.4 Å². The van der Waals surface area contributed by atoms with Gasteiger partial charge in [-0.2, -0.15) is 0 Å². The van der Waals surface area contributed by atoms with Gasteiger partial charge in [0, 0.05) is 6.54 Å². The molecule has 0 saturated carbocycles. The Hall–Kier alpha value is -0.130. The molecule has 0 aliphatic carbocycles. The molecule has 86 valence electrons. The molecule has 0 aliphatic heterocycles. The lowest BCUT2D eigenvalue weighted by Gasteiger charge is -2.22. The minimum atomic E-state index is -3.18. The summed E-state index contributed by atoms with van der Waals surface area (Å²) in [5.41, 5.74) is 0.0110. The molecule has 0 aromatic rings. The molecule has 14 heavy (non-hydrogen) atoms. The third-order valence-corrected chi connectivity index (χ3v) is 3.13. The van der Waals surface area contributed by atoms with Crippen molar-refractivity contribution >= 4 is 10.0 Å². The Balaban J connectivity index is 3.93. The summed E-state index contributed by atoms with van der Waals surface area (Å²) in [6.07, 6.45) is -0.0319. The Morgan fingerprint density at radius 1 is 1.36 bits per heavy atom. The van der Waals surface area contributed by atoms with E-state index in [1.165, 1.54) is 0 Å². The van der Waals surface area contributed by atoms with Crippen LogP contribution in [0.5, 0.6) is 0 Å². The molecular weight excluding hydrogens is 202 g/mol. The molecule has 0 amide bonds. The van der Waals surface area contributed by atoms with Crippen molar-refractivity contribution in [2.45, 2.75) is 40.2 Å². The van der Waals surface area contributed by atoms with Gasteiger partial charge in [-0.25, -0.2) is 13.1 Å². The highest BCUT2D eigenvalue weighted by molar-refractivity contribution is 7.89. The first-order chi connectivity index (χ1) is 6.16. The fraction of sp³-hybridized carbons (Fsp3) is 1.00. The van der Waals surface area contributed by atoms with Crippen LogP contribution in [-0.2, 0) is 10.0 Å². The lowest BCUT2D eigenvalue weighted by atomic mass is 9.89. The summed E-state index contributed by atoms with van der Waals surface area (Å²) in [5, 5.41) is 9.52. The zero-order valence-electron chi connectivity index (χ0n) is 9.37. The molecule has 0 saturated heterocycles. The average Bonchev–Trinajstić information content (AvgIpc) is 1.98. The zero-order valence-corrected chi connectivity index (χ0v) is 10.2. The van der Waals surface area contributed by atoms with E-state index in [0.29, 0.717) is 6.42 Å². The second-order valence-corrected chi connectivity index (χ2v) is 6.77. The van der Waals surface area contributed by atoms with E-state index in [1.807, 2.05) is 20.8 Å². The van der Waals surface area contributed by atoms with Crippen LogP contribution >= 0.6 is 0 Å². The van der Waals surface area contributed by atoms with Crippen LogP contribution in [0.15, 0.2) is 0 Å². The van der Waals surface area contributed by atoms with Crippen LogP contribution in [-0.4, -0.2) is 31.9 Å². The molecule has 5 heteroatoms. The highest BCUT2D eigenvalue weighted by atomic mass is 32.2. The third kappa shape index (κ3) is 7.29. The summed E-state index contributed by atoms with van der Waals surface area (Å²) in [6.45, 7) is 7.69. The summed E-state index contributed by atoms with van der Waals surface area (Å²) < 4.78 is 24.4. The van der Waals surface area contributed by atoms with Crippen molar-refractivity contribution in [2.75, 3.05) is 12.3 Å². The first kappa shape index (κ1) is 13.9. The normalized spacial score (nSPS) is 15.5. The number of sulfonamides is 1. The Bertz CT molecular complexity index is 254. The second-order valence-electron chi connectivity index (χ2n) is 4.67. The molecular formula is C9H21NO3S. The van der Waals surface area contributed by atoms with E-state index in [9.17, 15) is 13.5 Å². The minimum absolute atomic E-state index is 0.0110. The molecule has 0 aromatic heterocycles. The number of nitrogens with one attached hydrogen (secondary N) is 1. The van der Waals surface area contributed by atoms with Gasteiger partial charge in [0.1, 0.15) is 0 Å². The highest BCUT2D eigenvalue weighted by Crippen LogP contribution is 2.20. The number of hydrogen-bond donors (Lipinski definition) is 2. The summed E-state index contributed by atoms with van der Waals surface area (Å²) in [6, 6.07) is 0. The van der Waals surface area contributed by atoms with Crippen LogP contribution in [0.25, 0.3) is 0 Å². The van der Waals surface area contributed by atoms with Gasteiger partial charge in [-0.3, -0.25) is 0 Å².